The number of rotatable bonds is 1. The Balaban J connectivity index is 2.77. The molecule has 0 fully saturated rings. The number of thiazole rings is 1. The molecule has 0 bridgehead atoms. The molecule has 2 heterocycles. The smallest absolute Gasteiger partial charge is 0.195 e. The number of amidine groups is 1. The van der Waals surface area contributed by atoms with Gasteiger partial charge in [0.25, 0.3) is 0 Å². The van der Waals surface area contributed by atoms with Gasteiger partial charge in [0, 0.05) is 11.6 Å². The van der Waals surface area contributed by atoms with Crippen LogP contribution in [-0.2, 0) is 0 Å². The Morgan fingerprint density at radius 1 is 1.77 bits per heavy atom. The fourth-order valence-corrected chi connectivity index (χ4v) is 2.07. The Kier molecular flexibility index (Phi) is 1.86. The van der Waals surface area contributed by atoms with Crippen LogP contribution in [0.1, 0.15) is 5.69 Å². The van der Waals surface area contributed by atoms with E-state index in [1.54, 1.807) is 10.6 Å². The van der Waals surface area contributed by atoms with E-state index in [0.29, 0.717) is 10.7 Å². The van der Waals surface area contributed by atoms with E-state index in [2.05, 4.69) is 10.1 Å². The minimum absolute atomic E-state index is 0.0455. The zero-order valence-corrected chi connectivity index (χ0v) is 7.88. The van der Waals surface area contributed by atoms with Crippen LogP contribution in [0.15, 0.2) is 16.7 Å². The molecule has 0 saturated heterocycles. The van der Waals surface area contributed by atoms with Gasteiger partial charge >= 0.3 is 0 Å². The molecule has 0 radical (unpaired) electrons. The van der Waals surface area contributed by atoms with Gasteiger partial charge in [-0.2, -0.15) is 0 Å². The molecular weight excluding hydrogens is 212 g/mol. The second-order valence-corrected chi connectivity index (χ2v) is 3.52. The van der Waals surface area contributed by atoms with Crippen molar-refractivity contribution in [1.82, 2.24) is 9.38 Å². The first-order valence-electron chi connectivity index (χ1n) is 3.33. The minimum Gasteiger partial charge on any atom is -0.409 e. The standard InChI is InChI=1S/C6H5ClN4OS/c7-4-3(5(8)10-12)11-1-2-13-6(11)9-4/h1-2,12H,(H2,8,10). The van der Waals surface area contributed by atoms with Crippen LogP contribution in [0.3, 0.4) is 0 Å². The fourth-order valence-electron chi connectivity index (χ4n) is 1.04. The van der Waals surface area contributed by atoms with E-state index in [4.69, 9.17) is 22.5 Å². The van der Waals surface area contributed by atoms with Crippen molar-refractivity contribution in [1.29, 1.82) is 0 Å². The third kappa shape index (κ3) is 1.14. The third-order valence-corrected chi connectivity index (χ3v) is 2.59. The zero-order valence-electron chi connectivity index (χ0n) is 6.31. The molecule has 13 heavy (non-hydrogen) atoms. The van der Waals surface area contributed by atoms with E-state index in [9.17, 15) is 0 Å². The molecule has 2 aromatic rings. The molecule has 68 valence electrons. The second kappa shape index (κ2) is 2.90. The summed E-state index contributed by atoms with van der Waals surface area (Å²) >= 11 is 7.21. The zero-order chi connectivity index (χ0) is 9.42. The SMILES string of the molecule is N/C(=N/O)c1c(Cl)nc2sccn12. The average molecular weight is 217 g/mol. The van der Waals surface area contributed by atoms with Gasteiger partial charge in [0.1, 0.15) is 5.69 Å². The molecule has 0 amide bonds. The molecule has 2 aromatic heterocycles. The predicted octanol–water partition coefficient (Wildman–Crippen LogP) is 1.14. The van der Waals surface area contributed by atoms with Crippen molar-refractivity contribution >= 4 is 33.7 Å². The van der Waals surface area contributed by atoms with E-state index < -0.39 is 0 Å². The fraction of sp³-hybridized carbons (Fsp3) is 0. The van der Waals surface area contributed by atoms with E-state index in [1.165, 1.54) is 11.3 Å². The molecule has 0 aliphatic rings. The Morgan fingerprint density at radius 3 is 3.23 bits per heavy atom. The molecule has 0 spiro atoms. The monoisotopic (exact) mass is 216 g/mol. The molecule has 2 rings (SSSR count). The number of nitrogens with zero attached hydrogens (tertiary/aromatic N) is 3. The van der Waals surface area contributed by atoms with Crippen LogP contribution in [0.2, 0.25) is 5.15 Å². The molecular formula is C6H5ClN4OS. The van der Waals surface area contributed by atoms with Crippen molar-refractivity contribution in [3.05, 3.63) is 22.4 Å². The van der Waals surface area contributed by atoms with Gasteiger partial charge in [-0.3, -0.25) is 4.40 Å². The maximum atomic E-state index is 8.49. The summed E-state index contributed by atoms with van der Waals surface area (Å²) in [5, 5.41) is 13.4. The highest BCUT2D eigenvalue weighted by atomic mass is 35.5. The first kappa shape index (κ1) is 8.33. The van der Waals surface area contributed by atoms with E-state index in [-0.39, 0.29) is 11.0 Å². The molecule has 3 N–H and O–H groups in total. The van der Waals surface area contributed by atoms with Gasteiger partial charge in [0.2, 0.25) is 0 Å². The van der Waals surface area contributed by atoms with Crippen LogP contribution in [0, 0.1) is 0 Å². The van der Waals surface area contributed by atoms with Crippen LogP contribution in [0.5, 0.6) is 0 Å². The van der Waals surface area contributed by atoms with Gasteiger partial charge in [0.05, 0.1) is 0 Å². The summed E-state index contributed by atoms with van der Waals surface area (Å²) in [6.07, 6.45) is 1.76. The molecule has 0 aliphatic heterocycles. The molecule has 0 atom stereocenters. The summed E-state index contributed by atoms with van der Waals surface area (Å²) in [7, 11) is 0. The second-order valence-electron chi connectivity index (χ2n) is 2.29. The van der Waals surface area contributed by atoms with Crippen LogP contribution >= 0.6 is 22.9 Å². The van der Waals surface area contributed by atoms with Crippen molar-refractivity contribution in [2.45, 2.75) is 0 Å². The lowest BCUT2D eigenvalue weighted by molar-refractivity contribution is 0.318. The van der Waals surface area contributed by atoms with Gasteiger partial charge in [-0.05, 0) is 0 Å². The molecule has 0 saturated carbocycles. The Hall–Kier alpha value is -1.27. The average Bonchev–Trinajstić information content (AvgIpc) is 2.62. The van der Waals surface area contributed by atoms with Crippen LogP contribution < -0.4 is 5.73 Å². The number of hydrogen-bond donors (Lipinski definition) is 2. The van der Waals surface area contributed by atoms with Crippen molar-refractivity contribution in [2.75, 3.05) is 0 Å². The van der Waals surface area contributed by atoms with Gasteiger partial charge in [-0.15, -0.1) is 11.3 Å². The molecule has 0 aromatic carbocycles. The highest BCUT2D eigenvalue weighted by Crippen LogP contribution is 2.20. The lowest BCUT2D eigenvalue weighted by Gasteiger charge is -1.95. The first-order chi connectivity index (χ1) is 6.24. The van der Waals surface area contributed by atoms with Crippen molar-refractivity contribution < 1.29 is 5.21 Å². The number of halogens is 1. The normalized spacial score (nSPS) is 12.5. The van der Waals surface area contributed by atoms with Gasteiger partial charge in [0.15, 0.2) is 15.9 Å². The van der Waals surface area contributed by atoms with E-state index >= 15 is 0 Å². The topological polar surface area (TPSA) is 75.9 Å². The lowest BCUT2D eigenvalue weighted by Crippen LogP contribution is -2.15. The van der Waals surface area contributed by atoms with Crippen LogP contribution in [0.25, 0.3) is 4.96 Å². The van der Waals surface area contributed by atoms with Crippen molar-refractivity contribution in [3.63, 3.8) is 0 Å². The highest BCUT2D eigenvalue weighted by Gasteiger charge is 2.14. The van der Waals surface area contributed by atoms with E-state index in [0.717, 1.165) is 0 Å². The maximum absolute atomic E-state index is 8.49. The first-order valence-corrected chi connectivity index (χ1v) is 4.58. The Labute approximate surface area is 82.1 Å². The van der Waals surface area contributed by atoms with Crippen LogP contribution in [0.4, 0.5) is 0 Å². The number of aromatic nitrogens is 2. The Bertz CT molecular complexity index is 474. The summed E-state index contributed by atoms with van der Waals surface area (Å²) in [6, 6.07) is 0. The van der Waals surface area contributed by atoms with Gasteiger partial charge in [-0.25, -0.2) is 4.98 Å². The van der Waals surface area contributed by atoms with Crippen LogP contribution in [-0.4, -0.2) is 20.4 Å². The summed E-state index contributed by atoms with van der Waals surface area (Å²) < 4.78 is 1.67. The number of oxime groups is 1. The van der Waals surface area contributed by atoms with Crippen molar-refractivity contribution in [2.24, 2.45) is 10.9 Å². The predicted molar refractivity (Wildman–Crippen MR) is 50.6 cm³/mol. The third-order valence-electron chi connectivity index (χ3n) is 1.57. The van der Waals surface area contributed by atoms with Gasteiger partial charge < -0.3 is 10.9 Å². The minimum atomic E-state index is -0.0455. The summed E-state index contributed by atoms with van der Waals surface area (Å²) in [5.74, 6) is -0.0455. The molecule has 0 unspecified atom stereocenters. The Morgan fingerprint density at radius 2 is 2.54 bits per heavy atom. The molecule has 7 heteroatoms. The summed E-state index contributed by atoms with van der Waals surface area (Å²) in [4.78, 5) is 4.73. The summed E-state index contributed by atoms with van der Waals surface area (Å²) in [5.41, 5.74) is 5.84. The lowest BCUT2D eigenvalue weighted by atomic mass is 10.4. The quantitative estimate of drug-likeness (QED) is 0.325. The summed E-state index contributed by atoms with van der Waals surface area (Å²) in [6.45, 7) is 0. The number of nitrogens with two attached hydrogens (primary N) is 1. The molecule has 5 nitrogen and oxygen atoms in total. The number of fused-ring (bicyclic) bond motifs is 1. The van der Waals surface area contributed by atoms with E-state index in [1.807, 2.05) is 5.38 Å². The largest absolute Gasteiger partial charge is 0.409 e. The van der Waals surface area contributed by atoms with Crippen molar-refractivity contribution in [3.8, 4) is 0 Å². The molecule has 0 aliphatic carbocycles. The highest BCUT2D eigenvalue weighted by molar-refractivity contribution is 7.15. The number of imidazole rings is 1. The number of hydrogen-bond acceptors (Lipinski definition) is 4. The van der Waals surface area contributed by atoms with Gasteiger partial charge in [-0.1, -0.05) is 16.8 Å². The maximum Gasteiger partial charge on any atom is 0.195 e.